The normalized spacial score (nSPS) is 14.1. The van der Waals surface area contributed by atoms with Crippen molar-refractivity contribution < 1.29 is 0 Å². The number of benzene rings is 1. The fraction of sp³-hybridized carbons (Fsp3) is 0.417. The summed E-state index contributed by atoms with van der Waals surface area (Å²) in [5.41, 5.74) is 8.06. The predicted molar refractivity (Wildman–Crippen MR) is 61.8 cm³/mol. The first-order valence-electron chi connectivity index (χ1n) is 5.01. The molecule has 0 fully saturated rings. The summed E-state index contributed by atoms with van der Waals surface area (Å²) in [5.74, 6) is 1.21. The number of hydrogen-bond acceptors (Lipinski definition) is 1. The molecule has 0 amide bonds. The number of aliphatic imine (C=N–C) groups is 1. The number of hydrogen-bond donors (Lipinski definition) is 1. The van der Waals surface area contributed by atoms with Crippen LogP contribution in [0.15, 0.2) is 29.3 Å². The van der Waals surface area contributed by atoms with Crippen LogP contribution in [0.25, 0.3) is 0 Å². The van der Waals surface area contributed by atoms with E-state index in [2.05, 4.69) is 31.0 Å². The van der Waals surface area contributed by atoms with Gasteiger partial charge in [-0.25, -0.2) is 0 Å². The van der Waals surface area contributed by atoms with E-state index >= 15 is 0 Å². The third-order valence-corrected chi connectivity index (χ3v) is 2.63. The molecule has 76 valence electrons. The van der Waals surface area contributed by atoms with E-state index < -0.39 is 0 Å². The second-order valence-corrected chi connectivity index (χ2v) is 3.54. The molecule has 1 aromatic carbocycles. The molecule has 0 aliphatic carbocycles. The second kappa shape index (κ2) is 4.80. The van der Waals surface area contributed by atoms with Crippen LogP contribution in [0.3, 0.4) is 0 Å². The summed E-state index contributed by atoms with van der Waals surface area (Å²) in [4.78, 5) is 3.95. The van der Waals surface area contributed by atoms with Crippen LogP contribution in [0, 0.1) is 0 Å². The Morgan fingerprint density at radius 2 is 1.93 bits per heavy atom. The Morgan fingerprint density at radius 3 is 2.36 bits per heavy atom. The number of nitrogens with zero attached hydrogens (tertiary/aromatic N) is 1. The smallest absolute Gasteiger partial charge is 0.125 e. The highest BCUT2D eigenvalue weighted by Gasteiger charge is 2.03. The van der Waals surface area contributed by atoms with Gasteiger partial charge in [-0.3, -0.25) is 4.99 Å². The third-order valence-electron chi connectivity index (χ3n) is 2.63. The lowest BCUT2D eigenvalue weighted by Gasteiger charge is -2.09. The molecule has 2 nitrogen and oxygen atoms in total. The summed E-state index contributed by atoms with van der Waals surface area (Å²) < 4.78 is 0. The van der Waals surface area contributed by atoms with Crippen molar-refractivity contribution in [3.05, 3.63) is 35.4 Å². The van der Waals surface area contributed by atoms with E-state index in [1.165, 1.54) is 5.56 Å². The summed E-state index contributed by atoms with van der Waals surface area (Å²) in [6.07, 6.45) is 1.16. The largest absolute Gasteiger partial charge is 0.384 e. The Hall–Kier alpha value is -1.31. The predicted octanol–water partition coefficient (Wildman–Crippen LogP) is 2.54. The van der Waals surface area contributed by atoms with E-state index in [-0.39, 0.29) is 0 Å². The summed E-state index contributed by atoms with van der Waals surface area (Å²) in [6, 6.07) is 8.32. The Morgan fingerprint density at radius 1 is 1.36 bits per heavy atom. The van der Waals surface area contributed by atoms with Gasteiger partial charge in [0, 0.05) is 12.6 Å². The lowest BCUT2D eigenvalue weighted by molar-refractivity contribution is 0.733. The first-order chi connectivity index (χ1) is 6.69. The SMILES string of the molecule is CCC(C)c1ccc(C(N)=NC)cc1. The Balaban J connectivity index is 2.89. The van der Waals surface area contributed by atoms with E-state index in [0.717, 1.165) is 12.0 Å². The highest BCUT2D eigenvalue weighted by atomic mass is 14.8. The van der Waals surface area contributed by atoms with E-state index in [9.17, 15) is 0 Å². The van der Waals surface area contributed by atoms with Gasteiger partial charge < -0.3 is 5.73 Å². The van der Waals surface area contributed by atoms with Crippen LogP contribution in [-0.2, 0) is 0 Å². The second-order valence-electron chi connectivity index (χ2n) is 3.54. The van der Waals surface area contributed by atoms with Gasteiger partial charge in [-0.05, 0) is 17.9 Å². The molecule has 0 aliphatic heterocycles. The first kappa shape index (κ1) is 10.8. The highest BCUT2D eigenvalue weighted by molar-refractivity contribution is 5.97. The quantitative estimate of drug-likeness (QED) is 0.577. The van der Waals surface area contributed by atoms with Gasteiger partial charge in [0.05, 0.1) is 0 Å². The molecule has 1 atom stereocenters. The standard InChI is InChI=1S/C12H18N2/c1-4-9(2)10-5-7-11(8-6-10)12(13)14-3/h5-9H,4H2,1-3H3,(H2,13,14). The van der Waals surface area contributed by atoms with E-state index in [1.807, 2.05) is 12.1 Å². The average Bonchev–Trinajstić information content (AvgIpc) is 2.27. The Kier molecular flexibility index (Phi) is 3.69. The zero-order chi connectivity index (χ0) is 10.6. The van der Waals surface area contributed by atoms with Crippen LogP contribution in [0.4, 0.5) is 0 Å². The number of rotatable bonds is 3. The minimum absolute atomic E-state index is 0.598. The lowest BCUT2D eigenvalue weighted by atomic mass is 9.97. The fourth-order valence-electron chi connectivity index (χ4n) is 1.35. The molecular formula is C12H18N2. The summed E-state index contributed by atoms with van der Waals surface area (Å²) >= 11 is 0. The molecule has 2 heteroatoms. The molecule has 0 radical (unpaired) electrons. The lowest BCUT2D eigenvalue weighted by Crippen LogP contribution is -2.12. The van der Waals surface area contributed by atoms with Gasteiger partial charge in [0.25, 0.3) is 0 Å². The first-order valence-corrected chi connectivity index (χ1v) is 5.01. The van der Waals surface area contributed by atoms with E-state index in [4.69, 9.17) is 5.73 Å². The topological polar surface area (TPSA) is 38.4 Å². The van der Waals surface area contributed by atoms with Gasteiger partial charge >= 0.3 is 0 Å². The maximum atomic E-state index is 5.70. The molecule has 0 saturated carbocycles. The molecule has 0 heterocycles. The van der Waals surface area contributed by atoms with Crippen LogP contribution >= 0.6 is 0 Å². The summed E-state index contributed by atoms with van der Waals surface area (Å²) in [5, 5.41) is 0. The molecule has 14 heavy (non-hydrogen) atoms. The van der Waals surface area contributed by atoms with Gasteiger partial charge in [0.15, 0.2) is 0 Å². The van der Waals surface area contributed by atoms with E-state index in [0.29, 0.717) is 11.8 Å². The fourth-order valence-corrected chi connectivity index (χ4v) is 1.35. The molecule has 0 aromatic heterocycles. The van der Waals surface area contributed by atoms with Crippen molar-refractivity contribution in [3.8, 4) is 0 Å². The van der Waals surface area contributed by atoms with Crippen LogP contribution in [0.2, 0.25) is 0 Å². The number of nitrogens with two attached hydrogens (primary N) is 1. The number of amidine groups is 1. The molecule has 0 spiro atoms. The molecule has 0 aliphatic rings. The van der Waals surface area contributed by atoms with Crippen molar-refractivity contribution in [1.82, 2.24) is 0 Å². The van der Waals surface area contributed by atoms with Crippen LogP contribution in [0.1, 0.15) is 37.3 Å². The maximum absolute atomic E-state index is 5.70. The van der Waals surface area contributed by atoms with Crippen molar-refractivity contribution in [2.45, 2.75) is 26.2 Å². The molecular weight excluding hydrogens is 172 g/mol. The van der Waals surface area contributed by atoms with Crippen molar-refractivity contribution >= 4 is 5.84 Å². The van der Waals surface area contributed by atoms with Crippen molar-refractivity contribution in [2.24, 2.45) is 10.7 Å². The molecule has 1 aromatic rings. The zero-order valence-electron chi connectivity index (χ0n) is 9.12. The highest BCUT2D eigenvalue weighted by Crippen LogP contribution is 2.18. The average molecular weight is 190 g/mol. The molecule has 0 saturated heterocycles. The van der Waals surface area contributed by atoms with Crippen LogP contribution < -0.4 is 5.73 Å². The van der Waals surface area contributed by atoms with Crippen molar-refractivity contribution in [3.63, 3.8) is 0 Å². The van der Waals surface area contributed by atoms with Crippen LogP contribution in [0.5, 0.6) is 0 Å². The van der Waals surface area contributed by atoms with Crippen molar-refractivity contribution in [1.29, 1.82) is 0 Å². The van der Waals surface area contributed by atoms with Crippen LogP contribution in [-0.4, -0.2) is 12.9 Å². The molecule has 0 bridgehead atoms. The van der Waals surface area contributed by atoms with Gasteiger partial charge in [0.2, 0.25) is 0 Å². The molecule has 1 unspecified atom stereocenters. The third kappa shape index (κ3) is 2.34. The van der Waals surface area contributed by atoms with Crippen molar-refractivity contribution in [2.75, 3.05) is 7.05 Å². The van der Waals surface area contributed by atoms with Gasteiger partial charge in [-0.15, -0.1) is 0 Å². The summed E-state index contributed by atoms with van der Waals surface area (Å²) in [6.45, 7) is 4.42. The minimum Gasteiger partial charge on any atom is -0.384 e. The minimum atomic E-state index is 0.598. The monoisotopic (exact) mass is 190 g/mol. The Bertz CT molecular complexity index is 312. The zero-order valence-corrected chi connectivity index (χ0v) is 9.12. The van der Waals surface area contributed by atoms with Gasteiger partial charge in [-0.2, -0.15) is 0 Å². The maximum Gasteiger partial charge on any atom is 0.125 e. The van der Waals surface area contributed by atoms with E-state index in [1.54, 1.807) is 7.05 Å². The van der Waals surface area contributed by atoms with Gasteiger partial charge in [-0.1, -0.05) is 38.1 Å². The molecule has 1 rings (SSSR count). The Labute approximate surface area is 85.9 Å². The van der Waals surface area contributed by atoms with Gasteiger partial charge in [0.1, 0.15) is 5.84 Å². The molecule has 2 N–H and O–H groups in total. The summed E-state index contributed by atoms with van der Waals surface area (Å²) in [7, 11) is 1.71.